The number of halogens is 1. The first-order valence-electron chi connectivity index (χ1n) is 9.75. The maximum atomic E-state index is 13.9. The molecule has 0 saturated carbocycles. The zero-order chi connectivity index (χ0) is 23.6. The first-order chi connectivity index (χ1) is 15.9. The van der Waals surface area contributed by atoms with E-state index in [1.807, 2.05) is 11.4 Å². The van der Waals surface area contributed by atoms with Crippen LogP contribution >= 0.6 is 11.3 Å². The Hall–Kier alpha value is -3.22. The highest BCUT2D eigenvalue weighted by atomic mass is 32.2. The number of sulfonamides is 1. The minimum atomic E-state index is -3.88. The van der Waals surface area contributed by atoms with Crippen molar-refractivity contribution in [1.82, 2.24) is 19.3 Å². The molecular weight excluding hydrogens is 471 g/mol. The van der Waals surface area contributed by atoms with Crippen molar-refractivity contribution in [2.45, 2.75) is 11.3 Å². The molecule has 174 valence electrons. The molecule has 0 aliphatic heterocycles. The largest absolute Gasteiger partial charge is 0.494 e. The van der Waals surface area contributed by atoms with Gasteiger partial charge in [-0.2, -0.15) is 4.98 Å². The van der Waals surface area contributed by atoms with Crippen LogP contribution in [0.2, 0.25) is 0 Å². The first-order valence-corrected chi connectivity index (χ1v) is 12.1. The Morgan fingerprint density at radius 2 is 1.76 bits per heavy atom. The number of ether oxygens (including phenoxy) is 3. The lowest BCUT2D eigenvalue weighted by Gasteiger charge is -2.08. The van der Waals surface area contributed by atoms with Crippen molar-refractivity contribution in [1.29, 1.82) is 0 Å². The van der Waals surface area contributed by atoms with Crippen LogP contribution in [0.4, 0.5) is 4.39 Å². The van der Waals surface area contributed by atoms with Crippen LogP contribution in [0.25, 0.3) is 16.3 Å². The molecule has 0 bridgehead atoms. The Morgan fingerprint density at radius 1 is 1.03 bits per heavy atom. The zero-order valence-corrected chi connectivity index (χ0v) is 19.7. The molecule has 0 radical (unpaired) electrons. The Morgan fingerprint density at radius 3 is 2.45 bits per heavy atom. The molecule has 12 heteroatoms. The average Bonchev–Trinajstić information content (AvgIpc) is 3.40. The molecular formula is C21H21FN4O5S2. The third-order valence-corrected chi connectivity index (χ3v) is 7.22. The second-order valence-corrected chi connectivity index (χ2v) is 9.47. The number of benzene rings is 2. The summed E-state index contributed by atoms with van der Waals surface area (Å²) in [5.41, 5.74) is 1.55. The van der Waals surface area contributed by atoms with Crippen molar-refractivity contribution in [3.8, 4) is 28.6 Å². The minimum Gasteiger partial charge on any atom is -0.494 e. The van der Waals surface area contributed by atoms with Crippen LogP contribution in [0.1, 0.15) is 5.69 Å². The predicted molar refractivity (Wildman–Crippen MR) is 121 cm³/mol. The number of aromatic nitrogens is 3. The van der Waals surface area contributed by atoms with E-state index in [9.17, 15) is 12.8 Å². The fraction of sp³-hybridized carbons (Fsp3) is 0.238. The van der Waals surface area contributed by atoms with Gasteiger partial charge in [0.2, 0.25) is 15.0 Å². The van der Waals surface area contributed by atoms with Crippen molar-refractivity contribution >= 4 is 26.3 Å². The van der Waals surface area contributed by atoms with Crippen molar-refractivity contribution in [2.24, 2.45) is 0 Å². The van der Waals surface area contributed by atoms with E-state index in [2.05, 4.69) is 14.8 Å². The van der Waals surface area contributed by atoms with Crippen molar-refractivity contribution < 1.29 is 27.0 Å². The van der Waals surface area contributed by atoms with Crippen LogP contribution in [-0.2, 0) is 16.4 Å². The fourth-order valence-corrected chi connectivity index (χ4v) is 5.10. The summed E-state index contributed by atoms with van der Waals surface area (Å²) >= 11 is 1.40. The van der Waals surface area contributed by atoms with Crippen LogP contribution in [0.15, 0.2) is 46.7 Å². The monoisotopic (exact) mass is 492 g/mol. The molecule has 0 atom stereocenters. The van der Waals surface area contributed by atoms with Crippen LogP contribution < -0.4 is 18.9 Å². The molecule has 0 unspecified atom stereocenters. The number of thiazole rings is 1. The highest BCUT2D eigenvalue weighted by Gasteiger charge is 2.18. The molecule has 0 aliphatic carbocycles. The number of methoxy groups -OCH3 is 3. The molecule has 33 heavy (non-hydrogen) atoms. The van der Waals surface area contributed by atoms with Gasteiger partial charge in [0.1, 0.15) is 0 Å². The van der Waals surface area contributed by atoms with Gasteiger partial charge >= 0.3 is 0 Å². The quantitative estimate of drug-likeness (QED) is 0.383. The topological polar surface area (TPSA) is 104 Å². The molecule has 1 N–H and O–H groups in total. The summed E-state index contributed by atoms with van der Waals surface area (Å²) in [6, 6.07) is 8.90. The number of hydrogen-bond donors (Lipinski definition) is 1. The standard InChI is InChI=1S/C21H21FN4O5S2/c1-29-17-7-5-15(11-16(17)22)33(27,28)23-9-8-14-12-32-21-24-20(25-26(14)21)13-4-6-18(30-2)19(10-13)31-3/h4-7,10-12,23H,8-9H2,1-3H3. The molecule has 0 spiro atoms. The average molecular weight is 493 g/mol. The summed E-state index contributed by atoms with van der Waals surface area (Å²) in [7, 11) is 0.552. The van der Waals surface area contributed by atoms with Crippen LogP contribution in [0.3, 0.4) is 0 Å². The minimum absolute atomic E-state index is 0.0221. The van der Waals surface area contributed by atoms with E-state index in [-0.39, 0.29) is 17.2 Å². The lowest BCUT2D eigenvalue weighted by atomic mass is 10.2. The smallest absolute Gasteiger partial charge is 0.240 e. The molecule has 0 aliphatic rings. The lowest BCUT2D eigenvalue weighted by Crippen LogP contribution is -2.26. The summed E-state index contributed by atoms with van der Waals surface area (Å²) < 4.78 is 58.5. The second-order valence-electron chi connectivity index (χ2n) is 6.87. The number of fused-ring (bicyclic) bond motifs is 1. The fourth-order valence-electron chi connectivity index (χ4n) is 3.21. The van der Waals surface area contributed by atoms with E-state index in [4.69, 9.17) is 14.2 Å². The molecule has 4 aromatic rings. The Bertz CT molecular complexity index is 1400. The Labute approximate surface area is 193 Å². The van der Waals surface area contributed by atoms with Gasteiger partial charge in [-0.05, 0) is 36.4 Å². The molecule has 9 nitrogen and oxygen atoms in total. The molecule has 0 fully saturated rings. The normalized spacial score (nSPS) is 11.6. The zero-order valence-electron chi connectivity index (χ0n) is 18.0. The van der Waals surface area contributed by atoms with Gasteiger partial charge < -0.3 is 14.2 Å². The van der Waals surface area contributed by atoms with Crippen LogP contribution in [0.5, 0.6) is 17.2 Å². The van der Waals surface area contributed by atoms with Gasteiger partial charge in [-0.1, -0.05) is 0 Å². The molecule has 0 saturated heterocycles. The first kappa shape index (κ1) is 23.0. The number of nitrogens with one attached hydrogen (secondary N) is 1. The molecule has 2 aromatic heterocycles. The van der Waals surface area contributed by atoms with Gasteiger partial charge in [0.05, 0.1) is 31.9 Å². The van der Waals surface area contributed by atoms with Gasteiger partial charge in [-0.15, -0.1) is 16.4 Å². The highest BCUT2D eigenvalue weighted by Crippen LogP contribution is 2.31. The molecule has 4 rings (SSSR count). The van der Waals surface area contributed by atoms with E-state index >= 15 is 0 Å². The second kappa shape index (κ2) is 9.33. The van der Waals surface area contributed by atoms with Gasteiger partial charge in [0.15, 0.2) is 28.9 Å². The summed E-state index contributed by atoms with van der Waals surface area (Å²) in [6.45, 7) is 0.105. The van der Waals surface area contributed by atoms with E-state index in [1.165, 1.54) is 30.6 Å². The number of hydrogen-bond acceptors (Lipinski definition) is 8. The molecule has 2 aromatic carbocycles. The maximum Gasteiger partial charge on any atom is 0.240 e. The summed E-state index contributed by atoms with van der Waals surface area (Å²) in [6.07, 6.45) is 0.368. The van der Waals surface area contributed by atoms with E-state index in [0.29, 0.717) is 28.7 Å². The van der Waals surface area contributed by atoms with Crippen molar-refractivity contribution in [3.63, 3.8) is 0 Å². The van der Waals surface area contributed by atoms with Crippen LogP contribution in [0, 0.1) is 5.82 Å². The lowest BCUT2D eigenvalue weighted by molar-refractivity contribution is 0.355. The maximum absolute atomic E-state index is 13.9. The van der Waals surface area contributed by atoms with Gasteiger partial charge in [-0.25, -0.2) is 22.0 Å². The summed E-state index contributed by atoms with van der Waals surface area (Å²) in [4.78, 5) is 5.05. The Balaban J connectivity index is 1.49. The third kappa shape index (κ3) is 4.63. The SMILES string of the molecule is COc1ccc(S(=O)(=O)NCCc2csc3nc(-c4ccc(OC)c(OC)c4)nn23)cc1F. The van der Waals surface area contributed by atoms with Gasteiger partial charge in [-0.3, -0.25) is 0 Å². The van der Waals surface area contributed by atoms with Crippen molar-refractivity contribution in [3.05, 3.63) is 53.3 Å². The van der Waals surface area contributed by atoms with E-state index < -0.39 is 15.8 Å². The number of nitrogens with zero attached hydrogens (tertiary/aromatic N) is 3. The molecule has 2 heterocycles. The van der Waals surface area contributed by atoms with E-state index in [1.54, 1.807) is 30.9 Å². The predicted octanol–water partition coefficient (Wildman–Crippen LogP) is 3.14. The van der Waals surface area contributed by atoms with Crippen LogP contribution in [-0.4, -0.2) is 50.9 Å². The number of rotatable bonds is 9. The van der Waals surface area contributed by atoms with Gasteiger partial charge in [0.25, 0.3) is 0 Å². The summed E-state index contributed by atoms with van der Waals surface area (Å²) in [5.74, 6) is 0.916. The third-order valence-electron chi connectivity index (χ3n) is 4.90. The van der Waals surface area contributed by atoms with Crippen molar-refractivity contribution in [2.75, 3.05) is 27.9 Å². The van der Waals surface area contributed by atoms with Gasteiger partial charge in [0, 0.05) is 23.9 Å². The summed E-state index contributed by atoms with van der Waals surface area (Å²) in [5, 5.41) is 6.43. The Kier molecular flexibility index (Phi) is 6.49. The highest BCUT2D eigenvalue weighted by molar-refractivity contribution is 7.89. The molecule has 0 amide bonds. The van der Waals surface area contributed by atoms with E-state index in [0.717, 1.165) is 17.3 Å².